The van der Waals surface area contributed by atoms with Gasteiger partial charge in [0.1, 0.15) is 17.5 Å². The first-order valence-corrected chi connectivity index (χ1v) is 8.01. The summed E-state index contributed by atoms with van der Waals surface area (Å²) in [5.41, 5.74) is -0.0883. The van der Waals surface area contributed by atoms with Crippen molar-refractivity contribution >= 4 is 11.9 Å². The number of carboxylic acids is 1. The third-order valence-corrected chi connectivity index (χ3v) is 5.20. The highest BCUT2D eigenvalue weighted by Gasteiger charge is 2.69. The molecule has 0 bridgehead atoms. The van der Waals surface area contributed by atoms with Crippen LogP contribution in [0.15, 0.2) is 24.3 Å². The second-order valence-electron chi connectivity index (χ2n) is 7.09. The number of hydrogen-bond donors (Lipinski definition) is 1. The number of piperidine rings is 1. The molecule has 1 aliphatic heterocycles. The maximum atomic E-state index is 12.3. The van der Waals surface area contributed by atoms with E-state index in [2.05, 4.69) is 4.74 Å². The number of ether oxygens (including phenoxy) is 2. The largest absolute Gasteiger partial charge is 0.573 e. The van der Waals surface area contributed by atoms with Crippen LogP contribution in [-0.2, 0) is 9.59 Å². The molecule has 26 heavy (non-hydrogen) atoms. The smallest absolute Gasteiger partial charge is 0.484 e. The predicted octanol–water partition coefficient (Wildman–Crippen LogP) is 2.53. The Hall–Kier alpha value is -2.45. The molecule has 9 heteroatoms. The van der Waals surface area contributed by atoms with Crippen LogP contribution >= 0.6 is 0 Å². The topological polar surface area (TPSA) is 76.1 Å². The maximum absolute atomic E-state index is 12.3. The van der Waals surface area contributed by atoms with E-state index in [1.807, 2.05) is 13.8 Å². The summed E-state index contributed by atoms with van der Waals surface area (Å²) in [5, 5.41) is 9.43. The molecule has 1 aromatic rings. The van der Waals surface area contributed by atoms with Gasteiger partial charge < -0.3 is 19.5 Å². The molecule has 3 atom stereocenters. The molecular formula is C17H18F3NO5. The third-order valence-electron chi connectivity index (χ3n) is 5.20. The second-order valence-corrected chi connectivity index (χ2v) is 7.09. The summed E-state index contributed by atoms with van der Waals surface area (Å²) in [6, 6.07) is 3.76. The van der Waals surface area contributed by atoms with Crippen LogP contribution in [0.1, 0.15) is 13.8 Å². The van der Waals surface area contributed by atoms with Gasteiger partial charge in [0.25, 0.3) is 5.91 Å². The first-order chi connectivity index (χ1) is 12.0. The fraction of sp³-hybridized carbons (Fsp3) is 0.529. The Morgan fingerprint density at radius 1 is 1.23 bits per heavy atom. The van der Waals surface area contributed by atoms with Gasteiger partial charge in [-0.25, -0.2) is 4.79 Å². The van der Waals surface area contributed by atoms with Crippen LogP contribution in [0.2, 0.25) is 0 Å². The van der Waals surface area contributed by atoms with E-state index in [0.29, 0.717) is 6.54 Å². The highest BCUT2D eigenvalue weighted by molar-refractivity contribution is 5.86. The Kier molecular flexibility index (Phi) is 4.28. The Morgan fingerprint density at radius 2 is 1.81 bits per heavy atom. The minimum atomic E-state index is -4.78. The number of nitrogens with zero attached hydrogens (tertiary/aromatic N) is 1. The van der Waals surface area contributed by atoms with Gasteiger partial charge in [0.15, 0.2) is 6.61 Å². The predicted molar refractivity (Wildman–Crippen MR) is 82.5 cm³/mol. The number of likely N-dealkylation sites (tertiary alicyclic amines) is 1. The highest BCUT2D eigenvalue weighted by atomic mass is 19.4. The molecule has 3 rings (SSSR count). The number of amides is 1. The lowest BCUT2D eigenvalue weighted by Gasteiger charge is -2.28. The molecule has 1 N–H and O–H groups in total. The lowest BCUT2D eigenvalue weighted by Crippen LogP contribution is -2.47. The quantitative estimate of drug-likeness (QED) is 0.858. The minimum absolute atomic E-state index is 0.0669. The van der Waals surface area contributed by atoms with Crippen molar-refractivity contribution in [3.63, 3.8) is 0 Å². The molecule has 1 saturated heterocycles. The van der Waals surface area contributed by atoms with Gasteiger partial charge in [0.2, 0.25) is 0 Å². The van der Waals surface area contributed by atoms with E-state index in [-0.39, 0.29) is 29.6 Å². The normalized spacial score (nSPS) is 26.2. The zero-order valence-electron chi connectivity index (χ0n) is 14.1. The number of fused-ring (bicyclic) bond motifs is 1. The molecule has 1 saturated carbocycles. The van der Waals surface area contributed by atoms with Crippen LogP contribution in [0.5, 0.6) is 11.5 Å². The fourth-order valence-corrected chi connectivity index (χ4v) is 3.79. The van der Waals surface area contributed by atoms with Crippen LogP contribution < -0.4 is 9.47 Å². The molecular weight excluding hydrogens is 355 g/mol. The summed E-state index contributed by atoms with van der Waals surface area (Å²) in [6.45, 7) is 3.96. The van der Waals surface area contributed by atoms with E-state index in [0.717, 1.165) is 12.1 Å². The first-order valence-electron chi connectivity index (χ1n) is 8.01. The van der Waals surface area contributed by atoms with E-state index >= 15 is 0 Å². The molecule has 142 valence electrons. The van der Waals surface area contributed by atoms with Crippen molar-refractivity contribution in [1.29, 1.82) is 0 Å². The van der Waals surface area contributed by atoms with Crippen LogP contribution in [0.4, 0.5) is 13.2 Å². The van der Waals surface area contributed by atoms with Crippen LogP contribution in [0.25, 0.3) is 0 Å². The van der Waals surface area contributed by atoms with Crippen molar-refractivity contribution in [2.24, 2.45) is 17.3 Å². The zero-order chi connectivity index (χ0) is 19.3. The molecule has 0 radical (unpaired) electrons. The van der Waals surface area contributed by atoms with E-state index < -0.39 is 30.0 Å². The second kappa shape index (κ2) is 6.07. The number of aliphatic carboxylic acids is 1. The molecule has 1 amide bonds. The number of rotatable bonds is 5. The molecule has 0 spiro atoms. The third kappa shape index (κ3) is 3.42. The van der Waals surface area contributed by atoms with Gasteiger partial charge in [-0.15, -0.1) is 13.2 Å². The Labute approximate surface area is 147 Å². The van der Waals surface area contributed by atoms with E-state index in [1.165, 1.54) is 17.0 Å². The molecule has 0 aromatic heterocycles. The van der Waals surface area contributed by atoms with Gasteiger partial charge in [-0.1, -0.05) is 13.8 Å². The Morgan fingerprint density at radius 3 is 2.35 bits per heavy atom. The van der Waals surface area contributed by atoms with Crippen LogP contribution in [-0.4, -0.2) is 47.4 Å². The first kappa shape index (κ1) is 18.3. The molecule has 2 aliphatic rings. The SMILES string of the molecule is CC1(C)[C@@H]2[C@@H](C(=O)O)N(C(=O)COc3ccc(OC(F)(F)F)cc3)C[C@@H]21. The van der Waals surface area contributed by atoms with Crippen LogP contribution in [0.3, 0.4) is 0 Å². The molecule has 2 fully saturated rings. The summed E-state index contributed by atoms with van der Waals surface area (Å²) >= 11 is 0. The van der Waals surface area contributed by atoms with Gasteiger partial charge in [-0.05, 0) is 35.6 Å². The lowest BCUT2D eigenvalue weighted by atomic mass is 10.0. The summed E-state index contributed by atoms with van der Waals surface area (Å²) < 4.78 is 45.3. The fourth-order valence-electron chi connectivity index (χ4n) is 3.79. The lowest BCUT2D eigenvalue weighted by molar-refractivity contribution is -0.274. The number of carbonyl (C=O) groups excluding carboxylic acids is 1. The van der Waals surface area contributed by atoms with Gasteiger partial charge in [-0.2, -0.15) is 0 Å². The van der Waals surface area contributed by atoms with Crippen LogP contribution in [0, 0.1) is 17.3 Å². The number of hydrogen-bond acceptors (Lipinski definition) is 4. The summed E-state index contributed by atoms with van der Waals surface area (Å²) in [4.78, 5) is 25.2. The van der Waals surface area contributed by atoms with Crippen molar-refractivity contribution in [3.8, 4) is 11.5 Å². The van der Waals surface area contributed by atoms with Gasteiger partial charge >= 0.3 is 12.3 Å². The Bertz CT molecular complexity index is 716. The highest BCUT2D eigenvalue weighted by Crippen LogP contribution is 2.64. The molecule has 1 heterocycles. The number of carboxylic acid groups (broad SMARTS) is 1. The number of halogens is 3. The monoisotopic (exact) mass is 373 g/mol. The Balaban J connectivity index is 1.57. The van der Waals surface area contributed by atoms with Gasteiger partial charge in [-0.3, -0.25) is 4.79 Å². The van der Waals surface area contributed by atoms with Gasteiger partial charge in [0.05, 0.1) is 0 Å². The molecule has 1 aromatic carbocycles. The average Bonchev–Trinajstić information content (AvgIpc) is 2.90. The zero-order valence-corrected chi connectivity index (χ0v) is 14.1. The minimum Gasteiger partial charge on any atom is -0.484 e. The molecule has 1 aliphatic carbocycles. The van der Waals surface area contributed by atoms with E-state index in [9.17, 15) is 27.9 Å². The summed E-state index contributed by atoms with van der Waals surface area (Å²) in [6.07, 6.45) is -4.78. The van der Waals surface area contributed by atoms with Crippen molar-refractivity contribution in [2.75, 3.05) is 13.2 Å². The standard InChI is InChI=1S/C17H18F3NO5/c1-16(2)11-7-21(14(13(11)16)15(23)24)12(22)8-25-9-3-5-10(6-4-9)26-17(18,19)20/h3-6,11,13-14H,7-8H2,1-2H3,(H,23,24)/t11-,13-,14-/m0/s1. The molecule has 0 unspecified atom stereocenters. The number of carbonyl (C=O) groups is 2. The summed E-state index contributed by atoms with van der Waals surface area (Å²) in [7, 11) is 0. The van der Waals surface area contributed by atoms with Crippen molar-refractivity contribution in [2.45, 2.75) is 26.3 Å². The average molecular weight is 373 g/mol. The van der Waals surface area contributed by atoms with Gasteiger partial charge in [0, 0.05) is 12.5 Å². The molecule has 6 nitrogen and oxygen atoms in total. The van der Waals surface area contributed by atoms with Crippen molar-refractivity contribution < 1.29 is 37.3 Å². The van der Waals surface area contributed by atoms with Crippen molar-refractivity contribution in [1.82, 2.24) is 4.90 Å². The van der Waals surface area contributed by atoms with E-state index in [4.69, 9.17) is 4.74 Å². The maximum Gasteiger partial charge on any atom is 0.573 e. The van der Waals surface area contributed by atoms with E-state index in [1.54, 1.807) is 0 Å². The number of benzene rings is 1. The van der Waals surface area contributed by atoms with Crippen molar-refractivity contribution in [3.05, 3.63) is 24.3 Å². The number of alkyl halides is 3. The summed E-state index contributed by atoms with van der Waals surface area (Å²) in [5.74, 6) is -1.62.